The summed E-state index contributed by atoms with van der Waals surface area (Å²) in [5.41, 5.74) is 1.04. The molecule has 1 saturated heterocycles. The molecule has 0 bridgehead atoms. The normalized spacial score (nSPS) is 15.1. The van der Waals surface area contributed by atoms with Gasteiger partial charge in [-0.3, -0.25) is 4.79 Å². The van der Waals surface area contributed by atoms with E-state index < -0.39 is 15.8 Å². The van der Waals surface area contributed by atoms with Crippen LogP contribution in [0.3, 0.4) is 0 Å². The predicted octanol–water partition coefficient (Wildman–Crippen LogP) is 3.72. The summed E-state index contributed by atoms with van der Waals surface area (Å²) in [7, 11) is -3.59. The second-order valence-electron chi connectivity index (χ2n) is 7.02. The van der Waals surface area contributed by atoms with Crippen LogP contribution in [0.15, 0.2) is 47.4 Å². The van der Waals surface area contributed by atoms with E-state index in [1.165, 1.54) is 22.5 Å². The molecule has 0 saturated carbocycles. The quantitative estimate of drug-likeness (QED) is 0.741. The van der Waals surface area contributed by atoms with Gasteiger partial charge in [-0.25, -0.2) is 12.8 Å². The van der Waals surface area contributed by atoms with E-state index in [1.807, 2.05) is 0 Å². The summed E-state index contributed by atoms with van der Waals surface area (Å²) in [4.78, 5) is 12.4. The third-order valence-corrected chi connectivity index (χ3v) is 6.87. The summed E-state index contributed by atoms with van der Waals surface area (Å²) in [5.74, 6) is -0.740. The van der Waals surface area contributed by atoms with Crippen LogP contribution in [0, 0.1) is 12.7 Å². The van der Waals surface area contributed by atoms with Crippen LogP contribution in [-0.4, -0.2) is 38.3 Å². The number of nitrogens with zero attached hydrogens (tertiary/aromatic N) is 1. The molecule has 0 spiro atoms. The molecular formula is C21H25FN2O4S. The van der Waals surface area contributed by atoms with E-state index >= 15 is 0 Å². The summed E-state index contributed by atoms with van der Waals surface area (Å²) < 4.78 is 46.2. The van der Waals surface area contributed by atoms with Crippen molar-refractivity contribution in [2.24, 2.45) is 0 Å². The molecule has 1 heterocycles. The summed E-state index contributed by atoms with van der Waals surface area (Å²) in [6.07, 6.45) is 2.76. The topological polar surface area (TPSA) is 75.7 Å². The van der Waals surface area contributed by atoms with Crippen molar-refractivity contribution in [1.82, 2.24) is 4.31 Å². The second-order valence-corrected chi connectivity index (χ2v) is 8.93. The van der Waals surface area contributed by atoms with Gasteiger partial charge < -0.3 is 10.1 Å². The third kappa shape index (κ3) is 5.33. The number of para-hydroxylation sites is 1. The van der Waals surface area contributed by atoms with Gasteiger partial charge in [0.25, 0.3) is 0 Å². The van der Waals surface area contributed by atoms with Gasteiger partial charge in [0.05, 0.1) is 17.9 Å². The van der Waals surface area contributed by atoms with Crippen molar-refractivity contribution >= 4 is 21.6 Å². The van der Waals surface area contributed by atoms with Gasteiger partial charge in [-0.1, -0.05) is 24.6 Å². The van der Waals surface area contributed by atoms with Gasteiger partial charge in [-0.05, 0) is 49.6 Å². The Morgan fingerprint density at radius 3 is 2.59 bits per heavy atom. The van der Waals surface area contributed by atoms with E-state index in [0.29, 0.717) is 24.3 Å². The molecule has 1 aliphatic heterocycles. The van der Waals surface area contributed by atoms with E-state index in [4.69, 9.17) is 4.74 Å². The molecule has 6 nitrogen and oxygen atoms in total. The Balaban J connectivity index is 1.63. The van der Waals surface area contributed by atoms with Crippen LogP contribution in [0.4, 0.5) is 10.1 Å². The number of nitrogens with one attached hydrogen (secondary N) is 1. The average Bonchev–Trinajstić information content (AvgIpc) is 2.71. The van der Waals surface area contributed by atoms with Gasteiger partial charge in [-0.15, -0.1) is 0 Å². The number of rotatable bonds is 7. The number of carbonyl (C=O) groups excluding carboxylic acids is 1. The highest BCUT2D eigenvalue weighted by atomic mass is 32.2. The van der Waals surface area contributed by atoms with Gasteiger partial charge in [-0.2, -0.15) is 4.31 Å². The molecule has 29 heavy (non-hydrogen) atoms. The minimum Gasteiger partial charge on any atom is -0.490 e. The first-order valence-corrected chi connectivity index (χ1v) is 11.1. The highest BCUT2D eigenvalue weighted by Crippen LogP contribution is 2.26. The van der Waals surface area contributed by atoms with Crippen molar-refractivity contribution in [2.45, 2.75) is 37.5 Å². The zero-order valence-corrected chi connectivity index (χ0v) is 17.2. The highest BCUT2D eigenvalue weighted by molar-refractivity contribution is 7.89. The van der Waals surface area contributed by atoms with E-state index in [1.54, 1.807) is 31.2 Å². The van der Waals surface area contributed by atoms with Crippen LogP contribution >= 0.6 is 0 Å². The number of carbonyl (C=O) groups is 1. The molecule has 3 rings (SSSR count). The maximum Gasteiger partial charge on any atom is 0.243 e. The van der Waals surface area contributed by atoms with Crippen LogP contribution < -0.4 is 10.1 Å². The van der Waals surface area contributed by atoms with E-state index in [0.717, 1.165) is 19.3 Å². The molecule has 2 aromatic carbocycles. The number of halogens is 1. The SMILES string of the molecule is Cc1ccc(NC(=O)CCOc2ccccc2F)cc1S(=O)(=O)N1CCCCC1. The van der Waals surface area contributed by atoms with Gasteiger partial charge >= 0.3 is 0 Å². The van der Waals surface area contributed by atoms with Crippen molar-refractivity contribution in [1.29, 1.82) is 0 Å². The molecular weight excluding hydrogens is 395 g/mol. The average molecular weight is 421 g/mol. The molecule has 1 amide bonds. The fraction of sp³-hybridized carbons (Fsp3) is 0.381. The zero-order valence-electron chi connectivity index (χ0n) is 16.4. The molecule has 1 N–H and O–H groups in total. The number of hydrogen-bond acceptors (Lipinski definition) is 4. The first-order valence-electron chi connectivity index (χ1n) is 9.66. The summed E-state index contributed by atoms with van der Waals surface area (Å²) in [6, 6.07) is 10.8. The number of piperidine rings is 1. The molecule has 156 valence electrons. The van der Waals surface area contributed by atoms with E-state index in [-0.39, 0.29) is 29.6 Å². The Kier molecular flexibility index (Phi) is 6.87. The van der Waals surface area contributed by atoms with Crippen molar-refractivity contribution in [2.75, 3.05) is 25.0 Å². The molecule has 1 fully saturated rings. The third-order valence-electron chi connectivity index (χ3n) is 4.83. The van der Waals surface area contributed by atoms with Gasteiger partial charge in [0.1, 0.15) is 0 Å². The Labute approximate surface area is 170 Å². The smallest absolute Gasteiger partial charge is 0.243 e. The largest absolute Gasteiger partial charge is 0.490 e. The lowest BCUT2D eigenvalue weighted by Crippen LogP contribution is -2.36. The van der Waals surface area contributed by atoms with Crippen LogP contribution in [0.1, 0.15) is 31.2 Å². The minimum atomic E-state index is -3.59. The van der Waals surface area contributed by atoms with Crippen molar-refractivity contribution in [3.63, 3.8) is 0 Å². The number of benzene rings is 2. The fourth-order valence-electron chi connectivity index (χ4n) is 3.24. The standard InChI is InChI=1S/C21H25FN2O4S/c1-16-9-10-17(15-20(16)29(26,27)24-12-5-2-6-13-24)23-21(25)11-14-28-19-8-4-3-7-18(19)22/h3-4,7-10,15H,2,5-6,11-14H2,1H3,(H,23,25). The van der Waals surface area contributed by atoms with Gasteiger partial charge in [0.2, 0.25) is 15.9 Å². The second kappa shape index (κ2) is 9.37. The van der Waals surface area contributed by atoms with E-state index in [9.17, 15) is 17.6 Å². The van der Waals surface area contributed by atoms with Crippen LogP contribution in [0.25, 0.3) is 0 Å². The van der Waals surface area contributed by atoms with Crippen LogP contribution in [0.2, 0.25) is 0 Å². The van der Waals surface area contributed by atoms with Crippen molar-refractivity contribution in [3.05, 3.63) is 53.8 Å². The van der Waals surface area contributed by atoms with E-state index in [2.05, 4.69) is 5.32 Å². The number of aryl methyl sites for hydroxylation is 1. The van der Waals surface area contributed by atoms with Gasteiger partial charge in [0.15, 0.2) is 11.6 Å². The van der Waals surface area contributed by atoms with Crippen molar-refractivity contribution in [3.8, 4) is 5.75 Å². The van der Waals surface area contributed by atoms with Crippen LogP contribution in [-0.2, 0) is 14.8 Å². The number of sulfonamides is 1. The first-order chi connectivity index (χ1) is 13.9. The predicted molar refractivity (Wildman–Crippen MR) is 109 cm³/mol. The molecule has 0 aromatic heterocycles. The zero-order chi connectivity index (χ0) is 20.9. The lowest BCUT2D eigenvalue weighted by molar-refractivity contribution is -0.116. The number of anilines is 1. The summed E-state index contributed by atoms with van der Waals surface area (Å²) in [5, 5.41) is 2.69. The molecule has 0 atom stereocenters. The monoisotopic (exact) mass is 420 g/mol. The molecule has 0 unspecified atom stereocenters. The maximum atomic E-state index is 13.5. The molecule has 8 heteroatoms. The molecule has 0 radical (unpaired) electrons. The van der Waals surface area contributed by atoms with Crippen molar-refractivity contribution < 1.29 is 22.3 Å². The number of hydrogen-bond donors (Lipinski definition) is 1. The Morgan fingerprint density at radius 1 is 1.14 bits per heavy atom. The highest BCUT2D eigenvalue weighted by Gasteiger charge is 2.27. The minimum absolute atomic E-state index is 0.0103. The summed E-state index contributed by atoms with van der Waals surface area (Å²) >= 11 is 0. The Bertz CT molecular complexity index is 972. The molecule has 1 aliphatic rings. The first kappa shape index (κ1) is 21.3. The van der Waals surface area contributed by atoms with Gasteiger partial charge in [0, 0.05) is 18.8 Å². The number of ether oxygens (including phenoxy) is 1. The lowest BCUT2D eigenvalue weighted by Gasteiger charge is -2.26. The lowest BCUT2D eigenvalue weighted by atomic mass is 10.2. The Morgan fingerprint density at radius 2 is 1.86 bits per heavy atom. The summed E-state index contributed by atoms with van der Waals surface area (Å²) in [6.45, 7) is 2.79. The maximum absolute atomic E-state index is 13.5. The number of amides is 1. The molecule has 0 aliphatic carbocycles. The Hall–Kier alpha value is -2.45. The fourth-order valence-corrected chi connectivity index (χ4v) is 5.01. The van der Waals surface area contributed by atoms with Crippen LogP contribution in [0.5, 0.6) is 5.75 Å². The molecule has 2 aromatic rings.